The van der Waals surface area contributed by atoms with E-state index in [1.165, 1.54) is 62.8 Å². The van der Waals surface area contributed by atoms with Crippen molar-refractivity contribution < 1.29 is 35.9 Å². The molecule has 188 valence electrons. The van der Waals surface area contributed by atoms with Crippen LogP contribution in [0.5, 0.6) is 11.5 Å². The molecule has 0 spiro atoms. The minimum atomic E-state index is -4.56. The maximum absolute atomic E-state index is 16.0. The molecule has 4 nitrogen and oxygen atoms in total. The lowest BCUT2D eigenvalue weighted by molar-refractivity contribution is -0.478. The quantitative estimate of drug-likeness (QED) is 0.286. The molecule has 0 aromatic heterocycles. The van der Waals surface area contributed by atoms with Crippen molar-refractivity contribution in [2.45, 2.75) is 62.3 Å². The van der Waals surface area contributed by atoms with Crippen molar-refractivity contribution in [2.24, 2.45) is 0 Å². The standard InChI is InChI=1S/C24H32F4O4Si2/c1-29-19-13-9-17(10-14-19)21(31-33(3,4)5)22(32-34(6,7)8,24(27,28)23(21,25)26)18-11-15-20(30-2)16-12-18/h9-16H,1-8H3/t21-,22-/m1/s1. The van der Waals surface area contributed by atoms with Crippen molar-refractivity contribution in [3.8, 4) is 11.5 Å². The van der Waals surface area contributed by atoms with Gasteiger partial charge in [0.05, 0.1) is 14.2 Å². The molecule has 0 amide bonds. The van der Waals surface area contributed by atoms with Crippen LogP contribution in [0.1, 0.15) is 11.1 Å². The highest BCUT2D eigenvalue weighted by atomic mass is 28.4. The maximum Gasteiger partial charge on any atom is 0.348 e. The number of benzene rings is 2. The predicted molar refractivity (Wildman–Crippen MR) is 128 cm³/mol. The molecule has 3 rings (SSSR count). The van der Waals surface area contributed by atoms with Crippen LogP contribution in [0.25, 0.3) is 0 Å². The molecule has 1 saturated carbocycles. The molecule has 0 heterocycles. The van der Waals surface area contributed by atoms with E-state index < -0.39 is 39.7 Å². The zero-order valence-electron chi connectivity index (χ0n) is 20.8. The van der Waals surface area contributed by atoms with Gasteiger partial charge in [-0.2, -0.15) is 17.6 Å². The number of methoxy groups -OCH3 is 2. The second-order valence-electron chi connectivity index (χ2n) is 10.4. The summed E-state index contributed by atoms with van der Waals surface area (Å²) < 4.78 is 86.5. The lowest BCUT2D eigenvalue weighted by Crippen LogP contribution is -2.88. The average molecular weight is 517 g/mol. The van der Waals surface area contributed by atoms with Gasteiger partial charge in [-0.1, -0.05) is 24.3 Å². The summed E-state index contributed by atoms with van der Waals surface area (Å²) in [4.78, 5) is 0. The Morgan fingerprint density at radius 1 is 0.529 bits per heavy atom. The van der Waals surface area contributed by atoms with Gasteiger partial charge in [0.1, 0.15) is 11.5 Å². The van der Waals surface area contributed by atoms with Gasteiger partial charge in [-0.3, -0.25) is 0 Å². The van der Waals surface area contributed by atoms with Crippen molar-refractivity contribution in [1.29, 1.82) is 0 Å². The van der Waals surface area contributed by atoms with Gasteiger partial charge in [0.2, 0.25) is 0 Å². The Kier molecular flexibility index (Phi) is 6.56. The second kappa shape index (κ2) is 8.35. The van der Waals surface area contributed by atoms with Gasteiger partial charge in [-0.15, -0.1) is 0 Å². The highest BCUT2D eigenvalue weighted by Crippen LogP contribution is 2.76. The van der Waals surface area contributed by atoms with E-state index in [1.807, 2.05) is 0 Å². The fraction of sp³-hybridized carbons (Fsp3) is 0.500. The van der Waals surface area contributed by atoms with Gasteiger partial charge in [0, 0.05) is 0 Å². The Labute approximate surface area is 200 Å². The monoisotopic (exact) mass is 516 g/mol. The van der Waals surface area contributed by atoms with Crippen LogP contribution in [0, 0.1) is 0 Å². The molecule has 1 aliphatic carbocycles. The summed E-state index contributed by atoms with van der Waals surface area (Å²) in [6, 6.07) is 11.3. The molecule has 1 fully saturated rings. The summed E-state index contributed by atoms with van der Waals surface area (Å²) in [5, 5.41) is 0. The molecule has 2 aromatic rings. The van der Waals surface area contributed by atoms with Gasteiger partial charge >= 0.3 is 11.8 Å². The van der Waals surface area contributed by atoms with Crippen LogP contribution in [0.3, 0.4) is 0 Å². The Morgan fingerprint density at radius 3 is 1.00 bits per heavy atom. The molecule has 0 saturated heterocycles. The molecular formula is C24H32F4O4Si2. The number of hydrogen-bond donors (Lipinski definition) is 0. The molecular weight excluding hydrogens is 484 g/mol. The zero-order valence-corrected chi connectivity index (χ0v) is 22.8. The Morgan fingerprint density at radius 2 is 0.794 bits per heavy atom. The van der Waals surface area contributed by atoms with Crippen LogP contribution in [0.15, 0.2) is 48.5 Å². The number of halogens is 4. The van der Waals surface area contributed by atoms with Crippen molar-refractivity contribution in [2.75, 3.05) is 14.2 Å². The van der Waals surface area contributed by atoms with Gasteiger partial charge in [-0.05, 0) is 74.7 Å². The van der Waals surface area contributed by atoms with E-state index in [4.69, 9.17) is 18.3 Å². The van der Waals surface area contributed by atoms with Crippen molar-refractivity contribution in [1.82, 2.24) is 0 Å². The predicted octanol–water partition coefficient (Wildman–Crippen LogP) is 6.78. The van der Waals surface area contributed by atoms with E-state index in [9.17, 15) is 0 Å². The minimum absolute atomic E-state index is 0.0966. The van der Waals surface area contributed by atoms with E-state index in [2.05, 4.69) is 0 Å². The van der Waals surface area contributed by atoms with Crippen molar-refractivity contribution in [3.63, 3.8) is 0 Å². The lowest BCUT2D eigenvalue weighted by atomic mass is 9.53. The van der Waals surface area contributed by atoms with Crippen molar-refractivity contribution >= 4 is 16.6 Å². The fourth-order valence-electron chi connectivity index (χ4n) is 4.55. The molecule has 0 unspecified atom stereocenters. The van der Waals surface area contributed by atoms with Crippen LogP contribution in [0.2, 0.25) is 39.3 Å². The molecule has 2 aromatic carbocycles. The fourth-order valence-corrected chi connectivity index (χ4v) is 7.17. The maximum atomic E-state index is 16.0. The van der Waals surface area contributed by atoms with Crippen LogP contribution >= 0.6 is 0 Å². The third-order valence-electron chi connectivity index (χ3n) is 5.69. The molecule has 2 atom stereocenters. The topological polar surface area (TPSA) is 36.9 Å². The third kappa shape index (κ3) is 3.79. The summed E-state index contributed by atoms with van der Waals surface area (Å²) in [6.07, 6.45) is 0. The molecule has 1 aliphatic rings. The van der Waals surface area contributed by atoms with E-state index in [-0.39, 0.29) is 11.1 Å². The Hall–Kier alpha value is -1.89. The third-order valence-corrected chi connectivity index (χ3v) is 7.52. The molecule has 0 aliphatic heterocycles. The Bertz CT molecular complexity index is 934. The summed E-state index contributed by atoms with van der Waals surface area (Å²) in [6.45, 7) is 10.2. The van der Waals surface area contributed by atoms with Gasteiger partial charge in [0.25, 0.3) is 0 Å². The number of alkyl halides is 4. The molecule has 0 N–H and O–H groups in total. The smallest absolute Gasteiger partial charge is 0.348 e. The SMILES string of the molecule is COc1ccc([C@]2(O[Si](C)(C)C)C(F)(F)C(F)(F)[C@@]2(O[Si](C)(C)C)c2ccc(OC)cc2)cc1. The molecule has 10 heteroatoms. The van der Waals surface area contributed by atoms with E-state index in [1.54, 1.807) is 39.3 Å². The van der Waals surface area contributed by atoms with Crippen LogP contribution in [-0.4, -0.2) is 42.7 Å². The van der Waals surface area contributed by atoms with E-state index in [0.29, 0.717) is 11.5 Å². The summed E-state index contributed by atoms with van der Waals surface area (Å²) in [5.41, 5.74) is -5.73. The number of hydrogen-bond acceptors (Lipinski definition) is 4. The minimum Gasteiger partial charge on any atom is -0.497 e. The van der Waals surface area contributed by atoms with Crippen LogP contribution in [-0.2, 0) is 20.1 Å². The van der Waals surface area contributed by atoms with E-state index >= 15 is 17.6 Å². The first-order valence-electron chi connectivity index (χ1n) is 10.9. The average Bonchev–Trinajstić information content (AvgIpc) is 2.74. The van der Waals surface area contributed by atoms with Crippen LogP contribution < -0.4 is 9.47 Å². The first-order valence-corrected chi connectivity index (χ1v) is 17.8. The number of ether oxygens (including phenoxy) is 2. The van der Waals surface area contributed by atoms with Gasteiger partial charge in [-0.25, -0.2) is 0 Å². The second-order valence-corrected chi connectivity index (χ2v) is 19.3. The highest BCUT2D eigenvalue weighted by Gasteiger charge is 2.97. The first kappa shape index (κ1) is 26.7. The van der Waals surface area contributed by atoms with E-state index in [0.717, 1.165) is 0 Å². The largest absolute Gasteiger partial charge is 0.497 e. The van der Waals surface area contributed by atoms with Gasteiger partial charge in [0.15, 0.2) is 27.8 Å². The van der Waals surface area contributed by atoms with Crippen molar-refractivity contribution in [3.05, 3.63) is 59.7 Å². The molecule has 34 heavy (non-hydrogen) atoms. The lowest BCUT2D eigenvalue weighted by Gasteiger charge is -2.68. The summed E-state index contributed by atoms with van der Waals surface area (Å²) in [5.74, 6) is -8.31. The Balaban J connectivity index is 2.46. The summed E-state index contributed by atoms with van der Waals surface area (Å²) >= 11 is 0. The molecule has 0 radical (unpaired) electrons. The van der Waals surface area contributed by atoms with Crippen LogP contribution in [0.4, 0.5) is 17.6 Å². The highest BCUT2D eigenvalue weighted by molar-refractivity contribution is 6.70. The summed E-state index contributed by atoms with van der Waals surface area (Å²) in [7, 11) is -2.86. The first-order chi connectivity index (χ1) is 15.5. The molecule has 0 bridgehead atoms. The van der Waals surface area contributed by atoms with Gasteiger partial charge < -0.3 is 18.3 Å². The number of rotatable bonds is 8. The zero-order chi connectivity index (χ0) is 25.8. The normalized spacial score (nSPS) is 26.0.